The van der Waals surface area contributed by atoms with Crippen molar-refractivity contribution in [3.8, 4) is 0 Å². The van der Waals surface area contributed by atoms with Crippen molar-refractivity contribution in [2.24, 2.45) is 0 Å². The molecule has 130 valence electrons. The van der Waals surface area contributed by atoms with E-state index in [9.17, 15) is 4.79 Å². The van der Waals surface area contributed by atoms with E-state index in [1.54, 1.807) is 7.11 Å². The van der Waals surface area contributed by atoms with Crippen LogP contribution in [0.4, 0.5) is 0 Å². The molecule has 0 saturated heterocycles. The number of methoxy groups -OCH3 is 1. The summed E-state index contributed by atoms with van der Waals surface area (Å²) in [5.41, 5.74) is 2.45. The lowest BCUT2D eigenvalue weighted by atomic mass is 10.0. The topological polar surface area (TPSA) is 50.8 Å². The fourth-order valence-electron chi connectivity index (χ4n) is 2.27. The number of nitrogens with zero attached hydrogens (tertiary/aromatic N) is 1. The van der Waals surface area contributed by atoms with E-state index in [0.29, 0.717) is 32.8 Å². The van der Waals surface area contributed by atoms with Crippen LogP contribution in [-0.4, -0.2) is 58.4 Å². The number of carbonyl (C=O) groups excluding carboxylic acids is 1. The summed E-state index contributed by atoms with van der Waals surface area (Å²) in [6.07, 6.45) is 1.22. The molecule has 5 nitrogen and oxygen atoms in total. The average Bonchev–Trinajstić information content (AvgIpc) is 2.52. The van der Waals surface area contributed by atoms with Crippen LogP contribution in [0.25, 0.3) is 0 Å². The van der Waals surface area contributed by atoms with Crippen molar-refractivity contribution in [1.29, 1.82) is 0 Å². The zero-order chi connectivity index (χ0) is 17.1. The Morgan fingerprint density at radius 2 is 1.87 bits per heavy atom. The van der Waals surface area contributed by atoms with Gasteiger partial charge in [0, 0.05) is 26.7 Å². The van der Waals surface area contributed by atoms with Crippen LogP contribution in [0.2, 0.25) is 0 Å². The first-order chi connectivity index (χ1) is 11.0. The number of benzene rings is 1. The Morgan fingerprint density at radius 1 is 1.17 bits per heavy atom. The van der Waals surface area contributed by atoms with E-state index < -0.39 is 0 Å². The Labute approximate surface area is 140 Å². The van der Waals surface area contributed by atoms with Gasteiger partial charge in [0.2, 0.25) is 5.91 Å². The molecule has 0 unspecified atom stereocenters. The first-order valence-corrected chi connectivity index (χ1v) is 8.11. The predicted molar refractivity (Wildman–Crippen MR) is 92.5 cm³/mol. The molecule has 1 aromatic carbocycles. The lowest BCUT2D eigenvalue weighted by Gasteiger charge is -2.25. The molecule has 0 aliphatic rings. The lowest BCUT2D eigenvalue weighted by molar-refractivity contribution is -0.121. The van der Waals surface area contributed by atoms with Crippen LogP contribution in [-0.2, 0) is 14.3 Å². The number of aryl methyl sites for hydroxylation is 1. The van der Waals surface area contributed by atoms with Gasteiger partial charge in [0.05, 0.1) is 19.3 Å². The summed E-state index contributed by atoms with van der Waals surface area (Å²) >= 11 is 0. The van der Waals surface area contributed by atoms with E-state index in [0.717, 1.165) is 6.42 Å². The first-order valence-electron chi connectivity index (χ1n) is 8.11. The molecule has 0 aliphatic heterocycles. The van der Waals surface area contributed by atoms with Crippen molar-refractivity contribution >= 4 is 5.91 Å². The summed E-state index contributed by atoms with van der Waals surface area (Å²) in [6.45, 7) is 4.44. The minimum atomic E-state index is 0.0688. The van der Waals surface area contributed by atoms with Crippen molar-refractivity contribution in [3.05, 3.63) is 35.4 Å². The van der Waals surface area contributed by atoms with Gasteiger partial charge in [-0.2, -0.15) is 0 Å². The van der Waals surface area contributed by atoms with E-state index in [1.165, 1.54) is 11.1 Å². The Balaban J connectivity index is 2.32. The fourth-order valence-corrected chi connectivity index (χ4v) is 2.27. The summed E-state index contributed by atoms with van der Waals surface area (Å²) in [4.78, 5) is 14.1. The molecule has 1 amide bonds. The maximum Gasteiger partial charge on any atom is 0.220 e. The fraction of sp³-hybridized carbons (Fsp3) is 0.611. The van der Waals surface area contributed by atoms with Gasteiger partial charge < -0.3 is 19.7 Å². The number of amides is 1. The molecule has 0 heterocycles. The van der Waals surface area contributed by atoms with Gasteiger partial charge in [-0.1, -0.05) is 29.8 Å². The molecule has 23 heavy (non-hydrogen) atoms. The third-order valence-electron chi connectivity index (χ3n) is 3.70. The van der Waals surface area contributed by atoms with E-state index >= 15 is 0 Å². The Kier molecular flexibility index (Phi) is 9.52. The SMILES string of the molecule is COCCOCCCC(=O)NC[C@H](c1ccc(C)cc1)N(C)C. The molecular formula is C18H30N2O3. The second-order valence-corrected chi connectivity index (χ2v) is 5.90. The van der Waals surface area contributed by atoms with Gasteiger partial charge in [-0.05, 0) is 33.0 Å². The summed E-state index contributed by atoms with van der Waals surface area (Å²) in [7, 11) is 5.70. The zero-order valence-electron chi connectivity index (χ0n) is 14.8. The number of hydrogen-bond donors (Lipinski definition) is 1. The standard InChI is InChI=1S/C18H30N2O3/c1-15-7-9-16(10-8-15)17(20(2)3)14-19-18(21)6-5-11-23-13-12-22-4/h7-10,17H,5-6,11-14H2,1-4H3,(H,19,21)/t17-/m1/s1. The molecule has 0 bridgehead atoms. The van der Waals surface area contributed by atoms with Crippen LogP contribution in [0.1, 0.15) is 30.0 Å². The van der Waals surface area contributed by atoms with Crippen LogP contribution in [0.5, 0.6) is 0 Å². The summed E-state index contributed by atoms with van der Waals surface area (Å²) in [5.74, 6) is 0.0688. The van der Waals surface area contributed by atoms with Gasteiger partial charge >= 0.3 is 0 Å². The highest BCUT2D eigenvalue weighted by molar-refractivity contribution is 5.75. The van der Waals surface area contributed by atoms with Crippen LogP contribution >= 0.6 is 0 Å². The maximum atomic E-state index is 11.9. The van der Waals surface area contributed by atoms with Crippen molar-refractivity contribution in [2.75, 3.05) is 47.6 Å². The molecule has 0 fully saturated rings. The molecule has 0 aromatic heterocycles. The second kappa shape index (κ2) is 11.2. The summed E-state index contributed by atoms with van der Waals surface area (Å²) in [6, 6.07) is 8.62. The highest BCUT2D eigenvalue weighted by Crippen LogP contribution is 2.17. The Bertz CT molecular complexity index is 446. The zero-order valence-corrected chi connectivity index (χ0v) is 14.8. The van der Waals surface area contributed by atoms with Gasteiger partial charge in [-0.25, -0.2) is 0 Å². The Morgan fingerprint density at radius 3 is 2.48 bits per heavy atom. The number of likely N-dealkylation sites (N-methyl/N-ethyl adjacent to an activating group) is 1. The molecule has 5 heteroatoms. The third-order valence-corrected chi connectivity index (χ3v) is 3.70. The number of nitrogens with one attached hydrogen (secondary N) is 1. The molecule has 1 atom stereocenters. The van der Waals surface area contributed by atoms with Crippen LogP contribution in [0, 0.1) is 6.92 Å². The molecule has 1 rings (SSSR count). The van der Waals surface area contributed by atoms with Crippen molar-refractivity contribution in [2.45, 2.75) is 25.8 Å². The van der Waals surface area contributed by atoms with Gasteiger partial charge in [-0.15, -0.1) is 0 Å². The van der Waals surface area contributed by atoms with Crippen LogP contribution in [0.15, 0.2) is 24.3 Å². The molecular weight excluding hydrogens is 292 g/mol. The van der Waals surface area contributed by atoms with Crippen molar-refractivity contribution in [1.82, 2.24) is 10.2 Å². The molecule has 0 radical (unpaired) electrons. The van der Waals surface area contributed by atoms with E-state index in [2.05, 4.69) is 41.4 Å². The Hall–Kier alpha value is -1.43. The highest BCUT2D eigenvalue weighted by atomic mass is 16.5. The normalized spacial score (nSPS) is 12.4. The highest BCUT2D eigenvalue weighted by Gasteiger charge is 2.15. The summed E-state index contributed by atoms with van der Waals surface area (Å²) in [5, 5.41) is 3.02. The van der Waals surface area contributed by atoms with E-state index in [1.807, 2.05) is 14.1 Å². The van der Waals surface area contributed by atoms with E-state index in [4.69, 9.17) is 9.47 Å². The third kappa shape index (κ3) is 8.11. The van der Waals surface area contributed by atoms with E-state index in [-0.39, 0.29) is 11.9 Å². The van der Waals surface area contributed by atoms with Gasteiger partial charge in [0.25, 0.3) is 0 Å². The summed E-state index contributed by atoms with van der Waals surface area (Å²) < 4.78 is 10.3. The first kappa shape index (κ1) is 19.6. The lowest BCUT2D eigenvalue weighted by Crippen LogP contribution is -2.34. The van der Waals surface area contributed by atoms with Crippen molar-refractivity contribution < 1.29 is 14.3 Å². The van der Waals surface area contributed by atoms with Gasteiger partial charge in [0.15, 0.2) is 0 Å². The minimum Gasteiger partial charge on any atom is -0.382 e. The molecule has 0 saturated carbocycles. The predicted octanol–water partition coefficient (Wildman–Crippen LogP) is 2.16. The second-order valence-electron chi connectivity index (χ2n) is 5.90. The number of rotatable bonds is 11. The average molecular weight is 322 g/mol. The maximum absolute atomic E-state index is 11.9. The molecule has 0 aliphatic carbocycles. The smallest absolute Gasteiger partial charge is 0.220 e. The van der Waals surface area contributed by atoms with Crippen LogP contribution in [0.3, 0.4) is 0 Å². The number of carbonyl (C=O) groups is 1. The van der Waals surface area contributed by atoms with Crippen LogP contribution < -0.4 is 5.32 Å². The molecule has 1 N–H and O–H groups in total. The quantitative estimate of drug-likeness (QED) is 0.634. The van der Waals surface area contributed by atoms with Gasteiger partial charge in [0.1, 0.15) is 0 Å². The van der Waals surface area contributed by atoms with Crippen molar-refractivity contribution in [3.63, 3.8) is 0 Å². The monoisotopic (exact) mass is 322 g/mol. The molecule has 0 spiro atoms. The van der Waals surface area contributed by atoms with Gasteiger partial charge in [-0.3, -0.25) is 4.79 Å². The minimum absolute atomic E-state index is 0.0688. The number of ether oxygens (including phenoxy) is 2. The number of hydrogen-bond acceptors (Lipinski definition) is 4. The largest absolute Gasteiger partial charge is 0.382 e. The molecule has 1 aromatic rings.